The molecule has 2 aromatic heterocycles. The van der Waals surface area contributed by atoms with Crippen LogP contribution in [0.2, 0.25) is 0 Å². The molecule has 0 aliphatic rings. The molecule has 2 heterocycles. The van der Waals surface area contributed by atoms with Gasteiger partial charge in [0.25, 0.3) is 0 Å². The van der Waals surface area contributed by atoms with Gasteiger partial charge in [0.15, 0.2) is 0 Å². The van der Waals surface area contributed by atoms with Crippen molar-refractivity contribution in [2.75, 3.05) is 5.75 Å². The summed E-state index contributed by atoms with van der Waals surface area (Å²) in [6.07, 6.45) is 9.42. The number of ether oxygens (including phenoxy) is 1. The molecule has 2 aromatic carbocycles. The van der Waals surface area contributed by atoms with Crippen LogP contribution in [-0.2, 0) is 13.2 Å². The molecule has 0 amide bonds. The van der Waals surface area contributed by atoms with Crippen LogP contribution < -0.4 is 4.74 Å². The Bertz CT molecular complexity index is 1160. The second kappa shape index (κ2) is 10.8. The van der Waals surface area contributed by atoms with Crippen molar-refractivity contribution in [3.8, 4) is 5.75 Å². The van der Waals surface area contributed by atoms with Crippen LogP contribution >= 0.6 is 11.8 Å². The Kier molecular flexibility index (Phi) is 7.34. The molecule has 0 saturated heterocycles. The fraction of sp³-hybridized carbons (Fsp3) is 0.208. The number of aryl methyl sites for hydroxylation is 2. The minimum absolute atomic E-state index is 0.270. The third-order valence-corrected chi connectivity index (χ3v) is 5.71. The van der Waals surface area contributed by atoms with E-state index in [0.29, 0.717) is 23.8 Å². The van der Waals surface area contributed by atoms with Gasteiger partial charge >= 0.3 is 0 Å². The lowest BCUT2D eigenvalue weighted by atomic mass is 10.1. The van der Waals surface area contributed by atoms with Crippen LogP contribution in [-0.4, -0.2) is 25.7 Å². The van der Waals surface area contributed by atoms with E-state index in [1.54, 1.807) is 42.4 Å². The highest BCUT2D eigenvalue weighted by molar-refractivity contribution is 7.99. The largest absolute Gasteiger partial charge is 0.487 e. The van der Waals surface area contributed by atoms with Crippen LogP contribution in [0.25, 0.3) is 12.2 Å². The molecule has 0 aliphatic carbocycles. The minimum Gasteiger partial charge on any atom is -0.487 e. The third-order valence-electron chi connectivity index (χ3n) is 4.61. The highest BCUT2D eigenvalue weighted by Crippen LogP contribution is 2.23. The van der Waals surface area contributed by atoms with Crippen molar-refractivity contribution in [1.82, 2.24) is 20.0 Å². The number of benzene rings is 2. The molecule has 0 atom stereocenters. The Balaban J connectivity index is 1.22. The maximum absolute atomic E-state index is 13.9. The van der Waals surface area contributed by atoms with Crippen LogP contribution in [0.15, 0.2) is 70.4 Å². The third kappa shape index (κ3) is 6.31. The van der Waals surface area contributed by atoms with E-state index in [0.717, 1.165) is 30.0 Å². The summed E-state index contributed by atoms with van der Waals surface area (Å²) in [7, 11) is 0. The van der Waals surface area contributed by atoms with Gasteiger partial charge < -0.3 is 9.15 Å². The molecule has 8 heteroatoms. The van der Waals surface area contributed by atoms with Crippen LogP contribution in [0.5, 0.6) is 5.75 Å². The molecule has 0 spiro atoms. The predicted molar refractivity (Wildman–Crippen MR) is 123 cm³/mol. The lowest BCUT2D eigenvalue weighted by Gasteiger charge is -2.06. The Labute approximate surface area is 190 Å². The Hall–Kier alpha value is -3.39. The van der Waals surface area contributed by atoms with E-state index in [4.69, 9.17) is 9.15 Å². The van der Waals surface area contributed by atoms with Crippen molar-refractivity contribution in [3.05, 3.63) is 89.7 Å². The van der Waals surface area contributed by atoms with Crippen molar-refractivity contribution in [3.63, 3.8) is 0 Å². The van der Waals surface area contributed by atoms with Crippen molar-refractivity contribution in [1.29, 1.82) is 0 Å². The normalized spacial score (nSPS) is 11.3. The molecule has 0 fully saturated rings. The topological polar surface area (TPSA) is 66.0 Å². The van der Waals surface area contributed by atoms with E-state index < -0.39 is 0 Å². The van der Waals surface area contributed by atoms with Gasteiger partial charge in [-0.1, -0.05) is 17.3 Å². The van der Waals surface area contributed by atoms with Crippen molar-refractivity contribution >= 4 is 23.9 Å². The average Bonchev–Trinajstić information content (AvgIpc) is 3.48. The molecule has 0 N–H and O–H groups in total. The first-order chi connectivity index (χ1) is 15.7. The van der Waals surface area contributed by atoms with E-state index in [-0.39, 0.29) is 5.82 Å². The number of rotatable bonds is 10. The molecule has 32 heavy (non-hydrogen) atoms. The number of oxazole rings is 1. The average molecular weight is 451 g/mol. The molecule has 4 rings (SSSR count). The molecule has 0 unspecified atom stereocenters. The van der Waals surface area contributed by atoms with Gasteiger partial charge in [-0.25, -0.2) is 9.37 Å². The standard InChI is InChI=1S/C24H23FN4O2S/c1-18-3-4-19(23(25)15-18)5-10-24-27-20(17-31-24)16-30-21-6-8-22(9-7-21)32-14-2-12-29-13-11-26-28-29/h3-11,13,15,17H,2,12,14,16H2,1H3/b10-5+. The van der Waals surface area contributed by atoms with Gasteiger partial charge in [0.1, 0.15) is 30.1 Å². The first kappa shape index (κ1) is 21.8. The van der Waals surface area contributed by atoms with Gasteiger partial charge in [-0.15, -0.1) is 16.9 Å². The second-order valence-corrected chi connectivity index (χ2v) is 8.33. The van der Waals surface area contributed by atoms with Crippen molar-refractivity contribution < 1.29 is 13.5 Å². The van der Waals surface area contributed by atoms with Crippen LogP contribution in [0.1, 0.15) is 29.1 Å². The summed E-state index contributed by atoms with van der Waals surface area (Å²) in [5.41, 5.74) is 2.04. The van der Waals surface area contributed by atoms with E-state index >= 15 is 0 Å². The number of nitrogens with zero attached hydrogens (tertiary/aromatic N) is 4. The van der Waals surface area contributed by atoms with E-state index in [1.165, 1.54) is 11.0 Å². The molecule has 0 bridgehead atoms. The SMILES string of the molecule is Cc1ccc(/C=C/c2nc(COc3ccc(SCCCn4ccnn4)cc3)co2)c(F)c1. The zero-order chi connectivity index (χ0) is 22.2. The van der Waals surface area contributed by atoms with Gasteiger partial charge in [-0.05, 0) is 61.1 Å². The number of hydrogen-bond acceptors (Lipinski definition) is 6. The second-order valence-electron chi connectivity index (χ2n) is 7.16. The first-order valence-corrected chi connectivity index (χ1v) is 11.2. The predicted octanol–water partition coefficient (Wildman–Crippen LogP) is 5.65. The number of halogens is 1. The van der Waals surface area contributed by atoms with Crippen LogP contribution in [0.4, 0.5) is 4.39 Å². The number of aromatic nitrogens is 4. The highest BCUT2D eigenvalue weighted by Gasteiger charge is 2.04. The lowest BCUT2D eigenvalue weighted by Crippen LogP contribution is -1.99. The lowest BCUT2D eigenvalue weighted by molar-refractivity contribution is 0.301. The summed E-state index contributed by atoms with van der Waals surface area (Å²) in [6.45, 7) is 3.01. The maximum atomic E-state index is 13.9. The summed E-state index contributed by atoms with van der Waals surface area (Å²) < 4.78 is 27.0. The van der Waals surface area contributed by atoms with E-state index in [1.807, 2.05) is 48.1 Å². The molecular weight excluding hydrogens is 427 g/mol. The van der Waals surface area contributed by atoms with Crippen molar-refractivity contribution in [2.24, 2.45) is 0 Å². The quantitative estimate of drug-likeness (QED) is 0.230. The summed E-state index contributed by atoms with van der Waals surface area (Å²) in [6, 6.07) is 13.1. The van der Waals surface area contributed by atoms with E-state index in [9.17, 15) is 4.39 Å². The summed E-state index contributed by atoms with van der Waals surface area (Å²) in [4.78, 5) is 5.55. The number of thioether (sulfide) groups is 1. The van der Waals surface area contributed by atoms with E-state index in [2.05, 4.69) is 15.3 Å². The molecule has 0 saturated carbocycles. The molecule has 4 aromatic rings. The number of hydrogen-bond donors (Lipinski definition) is 0. The van der Waals surface area contributed by atoms with Gasteiger partial charge in [0.05, 0.1) is 6.20 Å². The first-order valence-electron chi connectivity index (χ1n) is 10.2. The zero-order valence-electron chi connectivity index (χ0n) is 17.6. The molecule has 164 valence electrons. The van der Waals surface area contributed by atoms with Gasteiger partial charge in [-0.2, -0.15) is 0 Å². The smallest absolute Gasteiger partial charge is 0.218 e. The van der Waals surface area contributed by atoms with Gasteiger partial charge in [0.2, 0.25) is 5.89 Å². The van der Waals surface area contributed by atoms with Crippen molar-refractivity contribution in [2.45, 2.75) is 31.4 Å². The fourth-order valence-electron chi connectivity index (χ4n) is 2.95. The highest BCUT2D eigenvalue weighted by atomic mass is 32.2. The zero-order valence-corrected chi connectivity index (χ0v) is 18.5. The molecular formula is C24H23FN4O2S. The monoisotopic (exact) mass is 450 g/mol. The van der Waals surface area contributed by atoms with Crippen LogP contribution in [0.3, 0.4) is 0 Å². The Morgan fingerprint density at radius 3 is 2.81 bits per heavy atom. The summed E-state index contributed by atoms with van der Waals surface area (Å²) >= 11 is 1.80. The molecule has 6 nitrogen and oxygen atoms in total. The maximum Gasteiger partial charge on any atom is 0.218 e. The molecule has 0 radical (unpaired) electrons. The fourth-order valence-corrected chi connectivity index (χ4v) is 3.79. The van der Waals surface area contributed by atoms with Gasteiger partial charge in [0, 0.05) is 29.3 Å². The van der Waals surface area contributed by atoms with Crippen LogP contribution in [0, 0.1) is 12.7 Å². The Morgan fingerprint density at radius 1 is 1.16 bits per heavy atom. The molecule has 0 aliphatic heterocycles. The summed E-state index contributed by atoms with van der Waals surface area (Å²) in [5.74, 6) is 1.90. The Morgan fingerprint density at radius 2 is 2.03 bits per heavy atom. The van der Waals surface area contributed by atoms with Gasteiger partial charge in [-0.3, -0.25) is 4.68 Å². The minimum atomic E-state index is -0.270. The summed E-state index contributed by atoms with van der Waals surface area (Å²) in [5, 5.41) is 7.76.